The van der Waals surface area contributed by atoms with Crippen molar-refractivity contribution in [3.8, 4) is 0 Å². The van der Waals surface area contributed by atoms with Crippen LogP contribution in [0.15, 0.2) is 11.4 Å². The van der Waals surface area contributed by atoms with Crippen molar-refractivity contribution in [1.82, 2.24) is 19.7 Å². The largest absolute Gasteiger partial charge is 0.375 e. The summed E-state index contributed by atoms with van der Waals surface area (Å²) in [7, 11) is 0. The highest BCUT2D eigenvalue weighted by molar-refractivity contribution is 7.98. The average Bonchev–Trinajstić information content (AvgIpc) is 3.33. The van der Waals surface area contributed by atoms with E-state index in [-0.39, 0.29) is 0 Å². The van der Waals surface area contributed by atoms with Gasteiger partial charge in [0.15, 0.2) is 10.3 Å². The third-order valence-corrected chi connectivity index (χ3v) is 5.46. The van der Waals surface area contributed by atoms with Crippen molar-refractivity contribution in [1.29, 1.82) is 0 Å². The molecule has 2 N–H and O–H groups in total. The van der Waals surface area contributed by atoms with Crippen molar-refractivity contribution >= 4 is 28.2 Å². The number of thiazole rings is 1. The van der Waals surface area contributed by atoms with Gasteiger partial charge in [0.05, 0.1) is 0 Å². The van der Waals surface area contributed by atoms with E-state index in [1.807, 2.05) is 6.20 Å². The van der Waals surface area contributed by atoms with Gasteiger partial charge in [0.1, 0.15) is 5.82 Å². The fraction of sp³-hybridized carbons (Fsp3) is 0.583. The number of nitrogens with zero attached hydrogens (tertiary/aromatic N) is 4. The number of nitrogen functional groups attached to an aromatic ring is 1. The van der Waals surface area contributed by atoms with Crippen LogP contribution in [0.1, 0.15) is 48.3 Å². The standard InChI is InChI=1S/C12H15N5S2/c13-11-14-5-9(19-11)6-18-12-16-15-10(7-1-2-7)17(12)8-3-4-8/h5,7-8H,1-4,6H2,(H2,13,14). The number of thioether (sulfide) groups is 1. The van der Waals surface area contributed by atoms with E-state index in [0.717, 1.165) is 10.9 Å². The zero-order valence-corrected chi connectivity index (χ0v) is 12.1. The van der Waals surface area contributed by atoms with Crippen LogP contribution in [0.25, 0.3) is 0 Å². The van der Waals surface area contributed by atoms with E-state index in [4.69, 9.17) is 5.73 Å². The summed E-state index contributed by atoms with van der Waals surface area (Å²) in [4.78, 5) is 5.28. The maximum atomic E-state index is 5.65. The second-order valence-electron chi connectivity index (χ2n) is 5.17. The Kier molecular flexibility index (Phi) is 2.77. The van der Waals surface area contributed by atoms with Crippen LogP contribution in [0, 0.1) is 0 Å². The second-order valence-corrected chi connectivity index (χ2v) is 7.26. The van der Waals surface area contributed by atoms with Crippen LogP contribution < -0.4 is 5.73 Å². The second kappa shape index (κ2) is 4.49. The van der Waals surface area contributed by atoms with Crippen LogP contribution in [0.4, 0.5) is 5.13 Å². The van der Waals surface area contributed by atoms with Gasteiger partial charge in [-0.3, -0.25) is 0 Å². The summed E-state index contributed by atoms with van der Waals surface area (Å²) in [5.74, 6) is 2.76. The van der Waals surface area contributed by atoms with Crippen LogP contribution >= 0.6 is 23.1 Å². The minimum Gasteiger partial charge on any atom is -0.375 e. The Bertz CT molecular complexity index is 597. The molecule has 0 amide bonds. The minimum absolute atomic E-state index is 0.637. The van der Waals surface area contributed by atoms with Crippen molar-refractivity contribution in [3.05, 3.63) is 16.9 Å². The van der Waals surface area contributed by atoms with Gasteiger partial charge in [-0.15, -0.1) is 21.5 Å². The molecular weight excluding hydrogens is 278 g/mol. The molecule has 2 aromatic heterocycles. The summed E-state index contributed by atoms with van der Waals surface area (Å²) < 4.78 is 2.38. The summed E-state index contributed by atoms with van der Waals surface area (Å²) in [5.41, 5.74) is 5.65. The number of anilines is 1. The summed E-state index contributed by atoms with van der Waals surface area (Å²) >= 11 is 3.30. The predicted molar refractivity (Wildman–Crippen MR) is 76.4 cm³/mol. The van der Waals surface area contributed by atoms with Gasteiger partial charge in [0, 0.05) is 28.8 Å². The molecule has 2 aliphatic carbocycles. The maximum absolute atomic E-state index is 5.65. The predicted octanol–water partition coefficient (Wildman–Crippen LogP) is 2.82. The van der Waals surface area contributed by atoms with E-state index >= 15 is 0 Å². The molecule has 0 aliphatic heterocycles. The monoisotopic (exact) mass is 293 g/mol. The van der Waals surface area contributed by atoms with Crippen LogP contribution in [-0.4, -0.2) is 19.7 Å². The molecule has 7 heteroatoms. The summed E-state index contributed by atoms with van der Waals surface area (Å²) in [6.07, 6.45) is 6.96. The molecule has 2 fully saturated rings. The Labute approximate surface area is 119 Å². The molecule has 2 saturated carbocycles. The van der Waals surface area contributed by atoms with Crippen LogP contribution in [-0.2, 0) is 5.75 Å². The lowest BCUT2D eigenvalue weighted by Crippen LogP contribution is -2.01. The quantitative estimate of drug-likeness (QED) is 0.858. The first-order chi connectivity index (χ1) is 9.31. The normalized spacial score (nSPS) is 18.9. The summed E-state index contributed by atoms with van der Waals surface area (Å²) in [5, 5.41) is 10.5. The Morgan fingerprint density at radius 2 is 2.16 bits per heavy atom. The summed E-state index contributed by atoms with van der Waals surface area (Å²) in [6, 6.07) is 0.652. The molecule has 4 rings (SSSR count). The summed E-state index contributed by atoms with van der Waals surface area (Å²) in [6.45, 7) is 0. The van der Waals surface area contributed by atoms with E-state index < -0.39 is 0 Å². The lowest BCUT2D eigenvalue weighted by atomic mass is 10.4. The highest BCUT2D eigenvalue weighted by Crippen LogP contribution is 2.46. The van der Waals surface area contributed by atoms with E-state index in [9.17, 15) is 0 Å². The van der Waals surface area contributed by atoms with E-state index in [1.54, 1.807) is 23.1 Å². The number of rotatable bonds is 5. The third-order valence-electron chi connectivity index (χ3n) is 3.46. The van der Waals surface area contributed by atoms with Crippen LogP contribution in [0.2, 0.25) is 0 Å². The number of hydrogen-bond donors (Lipinski definition) is 1. The first-order valence-electron chi connectivity index (χ1n) is 6.59. The Morgan fingerprint density at radius 1 is 1.32 bits per heavy atom. The molecule has 0 bridgehead atoms. The van der Waals surface area contributed by atoms with Gasteiger partial charge in [-0.05, 0) is 25.7 Å². The lowest BCUT2D eigenvalue weighted by Gasteiger charge is -2.07. The Balaban J connectivity index is 1.53. The van der Waals surface area contributed by atoms with Gasteiger partial charge in [-0.25, -0.2) is 4.98 Å². The van der Waals surface area contributed by atoms with Crippen molar-refractivity contribution in [2.75, 3.05) is 5.73 Å². The van der Waals surface area contributed by atoms with Gasteiger partial charge in [-0.1, -0.05) is 11.8 Å². The molecule has 0 atom stereocenters. The molecule has 0 radical (unpaired) electrons. The number of aromatic nitrogens is 4. The van der Waals surface area contributed by atoms with Crippen molar-refractivity contribution in [3.63, 3.8) is 0 Å². The molecule has 19 heavy (non-hydrogen) atoms. The average molecular weight is 293 g/mol. The van der Waals surface area contributed by atoms with Gasteiger partial charge in [-0.2, -0.15) is 0 Å². The van der Waals surface area contributed by atoms with E-state index in [2.05, 4.69) is 19.7 Å². The van der Waals surface area contributed by atoms with Crippen molar-refractivity contribution in [2.24, 2.45) is 0 Å². The first-order valence-corrected chi connectivity index (χ1v) is 8.39. The number of nitrogens with two attached hydrogens (primary N) is 1. The highest BCUT2D eigenvalue weighted by atomic mass is 32.2. The fourth-order valence-corrected chi connectivity index (χ4v) is 3.93. The third kappa shape index (κ3) is 2.36. The molecule has 0 saturated heterocycles. The van der Waals surface area contributed by atoms with Gasteiger partial charge in [0.25, 0.3) is 0 Å². The number of hydrogen-bond acceptors (Lipinski definition) is 6. The van der Waals surface area contributed by atoms with Crippen LogP contribution in [0.5, 0.6) is 0 Å². The van der Waals surface area contributed by atoms with Crippen molar-refractivity contribution < 1.29 is 0 Å². The topological polar surface area (TPSA) is 69.6 Å². The van der Waals surface area contributed by atoms with E-state index in [0.29, 0.717) is 17.1 Å². The molecule has 0 spiro atoms. The van der Waals surface area contributed by atoms with Gasteiger partial charge >= 0.3 is 0 Å². The molecular formula is C12H15N5S2. The zero-order valence-electron chi connectivity index (χ0n) is 10.5. The SMILES string of the molecule is Nc1ncc(CSc2nnc(C3CC3)n2C2CC2)s1. The smallest absolute Gasteiger partial charge is 0.191 e. The molecule has 0 unspecified atom stereocenters. The first kappa shape index (κ1) is 11.7. The van der Waals surface area contributed by atoms with Crippen LogP contribution in [0.3, 0.4) is 0 Å². The fourth-order valence-electron chi connectivity index (χ4n) is 2.21. The van der Waals surface area contributed by atoms with Gasteiger partial charge in [0.2, 0.25) is 0 Å². The molecule has 2 heterocycles. The highest BCUT2D eigenvalue weighted by Gasteiger charge is 2.36. The molecule has 2 aliphatic rings. The molecule has 100 valence electrons. The molecule has 2 aromatic rings. The van der Waals surface area contributed by atoms with E-state index in [1.165, 1.54) is 36.4 Å². The molecule has 5 nitrogen and oxygen atoms in total. The molecule has 0 aromatic carbocycles. The minimum atomic E-state index is 0.637. The Morgan fingerprint density at radius 3 is 2.79 bits per heavy atom. The Hall–Kier alpha value is -1.08. The maximum Gasteiger partial charge on any atom is 0.191 e. The van der Waals surface area contributed by atoms with Crippen molar-refractivity contribution in [2.45, 2.75) is 48.6 Å². The lowest BCUT2D eigenvalue weighted by molar-refractivity contribution is 0.627. The zero-order chi connectivity index (χ0) is 12.8. The van der Waals surface area contributed by atoms with Gasteiger partial charge < -0.3 is 10.3 Å².